The summed E-state index contributed by atoms with van der Waals surface area (Å²) in [4.78, 5) is 41.7. The van der Waals surface area contributed by atoms with Crippen molar-refractivity contribution >= 4 is 29.4 Å². The lowest BCUT2D eigenvalue weighted by atomic mass is 9.95. The van der Waals surface area contributed by atoms with Gasteiger partial charge >= 0.3 is 6.03 Å². The average Bonchev–Trinajstić information content (AvgIpc) is 3.17. The number of halogens is 1. The topological polar surface area (TPSA) is 81.8 Å². The van der Waals surface area contributed by atoms with Gasteiger partial charge in [0.15, 0.2) is 0 Å². The molecule has 172 valence electrons. The van der Waals surface area contributed by atoms with Crippen molar-refractivity contribution < 1.29 is 14.4 Å². The maximum Gasteiger partial charge on any atom is 0.322 e. The number of amides is 4. The number of carbonyl (C=O) groups excluding carboxylic acids is 3. The lowest BCUT2D eigenvalue weighted by Gasteiger charge is -2.31. The van der Waals surface area contributed by atoms with Crippen molar-refractivity contribution in [1.29, 1.82) is 0 Å². The van der Waals surface area contributed by atoms with E-state index in [-0.39, 0.29) is 24.4 Å². The van der Waals surface area contributed by atoms with Crippen LogP contribution in [-0.2, 0) is 16.0 Å². The van der Waals surface area contributed by atoms with Crippen molar-refractivity contribution in [1.82, 2.24) is 20.4 Å². The number of hydrogen-bond donors (Lipinski definition) is 2. The third kappa shape index (κ3) is 4.59. The van der Waals surface area contributed by atoms with Crippen LogP contribution in [0.2, 0.25) is 5.02 Å². The van der Waals surface area contributed by atoms with Crippen molar-refractivity contribution in [3.8, 4) is 0 Å². The summed E-state index contributed by atoms with van der Waals surface area (Å²) >= 11 is 6.37. The summed E-state index contributed by atoms with van der Waals surface area (Å²) in [5.41, 5.74) is 2.92. The van der Waals surface area contributed by atoms with E-state index in [1.165, 1.54) is 15.4 Å². The molecule has 8 heteroatoms. The van der Waals surface area contributed by atoms with E-state index in [0.29, 0.717) is 28.4 Å². The fraction of sp³-hybridized carbons (Fsp3) is 0.320. The number of rotatable bonds is 7. The molecule has 4 rings (SSSR count). The first-order valence-electron chi connectivity index (χ1n) is 11.0. The molecule has 0 aromatic heterocycles. The summed E-state index contributed by atoms with van der Waals surface area (Å²) in [7, 11) is 1.62. The van der Waals surface area contributed by atoms with Gasteiger partial charge in [0, 0.05) is 18.6 Å². The van der Waals surface area contributed by atoms with Gasteiger partial charge in [-0.15, -0.1) is 0 Å². The quantitative estimate of drug-likeness (QED) is 0.614. The molecule has 2 aliphatic heterocycles. The minimum Gasteiger partial charge on any atom is -0.354 e. The van der Waals surface area contributed by atoms with Gasteiger partial charge in [-0.3, -0.25) is 14.5 Å². The zero-order valence-corrected chi connectivity index (χ0v) is 19.4. The first-order chi connectivity index (χ1) is 15.9. The summed E-state index contributed by atoms with van der Waals surface area (Å²) in [6.45, 7) is 2.43. The molecule has 0 aliphatic carbocycles. The Hall–Kier alpha value is -3.32. The highest BCUT2D eigenvalue weighted by atomic mass is 35.5. The molecular weight excluding hydrogens is 440 g/mol. The molecule has 0 saturated heterocycles. The molecule has 2 aliphatic rings. The van der Waals surface area contributed by atoms with Crippen LogP contribution in [0.25, 0.3) is 0 Å². The van der Waals surface area contributed by atoms with Crippen molar-refractivity contribution in [3.63, 3.8) is 0 Å². The summed E-state index contributed by atoms with van der Waals surface area (Å²) < 4.78 is 0. The number of urea groups is 1. The van der Waals surface area contributed by atoms with Crippen LogP contribution in [0.3, 0.4) is 0 Å². The average molecular weight is 467 g/mol. The molecule has 2 aromatic carbocycles. The van der Waals surface area contributed by atoms with Crippen LogP contribution >= 0.6 is 11.6 Å². The number of aryl methyl sites for hydroxylation is 1. The lowest BCUT2D eigenvalue weighted by Crippen LogP contribution is -2.47. The zero-order chi connectivity index (χ0) is 23.5. The van der Waals surface area contributed by atoms with Gasteiger partial charge in [0.1, 0.15) is 6.04 Å². The molecule has 2 heterocycles. The first kappa shape index (κ1) is 22.9. The van der Waals surface area contributed by atoms with Crippen LogP contribution in [0.5, 0.6) is 0 Å². The van der Waals surface area contributed by atoms with Gasteiger partial charge in [0.2, 0.25) is 5.91 Å². The fourth-order valence-corrected chi connectivity index (χ4v) is 4.53. The second kappa shape index (κ2) is 9.67. The Balaban J connectivity index is 1.44. The van der Waals surface area contributed by atoms with Crippen molar-refractivity contribution in [3.05, 3.63) is 82.0 Å². The Bertz CT molecular complexity index is 1100. The molecule has 2 N–H and O–H groups in total. The highest BCUT2D eigenvalue weighted by Crippen LogP contribution is 2.38. The molecule has 0 unspecified atom stereocenters. The molecular formula is C25H27ClN4O3. The van der Waals surface area contributed by atoms with Crippen LogP contribution in [-0.4, -0.2) is 53.8 Å². The van der Waals surface area contributed by atoms with Gasteiger partial charge in [0.25, 0.3) is 5.91 Å². The maximum atomic E-state index is 13.4. The lowest BCUT2D eigenvalue weighted by molar-refractivity contribution is -0.135. The number of carbonyl (C=O) groups is 3. The second-order valence-corrected chi connectivity index (χ2v) is 8.72. The molecule has 2 aromatic rings. The van der Waals surface area contributed by atoms with Crippen LogP contribution in [0.1, 0.15) is 30.5 Å². The Morgan fingerprint density at radius 2 is 1.85 bits per heavy atom. The number of benzene rings is 2. The van der Waals surface area contributed by atoms with Gasteiger partial charge in [-0.25, -0.2) is 4.79 Å². The maximum absolute atomic E-state index is 13.4. The number of likely N-dealkylation sites (N-methyl/N-ethyl adjacent to an activating group) is 1. The Kier molecular flexibility index (Phi) is 6.70. The molecule has 0 radical (unpaired) electrons. The highest BCUT2D eigenvalue weighted by Gasteiger charge is 2.45. The van der Waals surface area contributed by atoms with Gasteiger partial charge in [0.05, 0.1) is 23.9 Å². The van der Waals surface area contributed by atoms with Crippen molar-refractivity contribution in [2.75, 3.05) is 20.1 Å². The number of hydrogen-bond acceptors (Lipinski definition) is 3. The Morgan fingerprint density at radius 3 is 2.58 bits per heavy atom. The van der Waals surface area contributed by atoms with Gasteiger partial charge < -0.3 is 15.5 Å². The summed E-state index contributed by atoms with van der Waals surface area (Å²) in [6.07, 6.45) is 1.67. The monoisotopic (exact) mass is 466 g/mol. The van der Waals surface area contributed by atoms with Gasteiger partial charge in [-0.05, 0) is 37.0 Å². The highest BCUT2D eigenvalue weighted by molar-refractivity contribution is 6.31. The zero-order valence-electron chi connectivity index (χ0n) is 18.7. The van der Waals surface area contributed by atoms with Gasteiger partial charge in [-0.2, -0.15) is 0 Å². The summed E-state index contributed by atoms with van der Waals surface area (Å²) in [5.74, 6) is -0.485. The van der Waals surface area contributed by atoms with E-state index in [1.54, 1.807) is 32.2 Å². The third-order valence-corrected chi connectivity index (χ3v) is 6.58. The first-order valence-corrected chi connectivity index (χ1v) is 11.4. The van der Waals surface area contributed by atoms with E-state index in [2.05, 4.69) is 22.8 Å². The van der Waals surface area contributed by atoms with E-state index < -0.39 is 12.1 Å². The molecule has 0 bridgehead atoms. The molecule has 0 fully saturated rings. The molecule has 0 saturated carbocycles. The smallest absolute Gasteiger partial charge is 0.322 e. The Morgan fingerprint density at radius 1 is 1.15 bits per heavy atom. The predicted molar refractivity (Wildman–Crippen MR) is 126 cm³/mol. The molecule has 2 atom stereocenters. The largest absolute Gasteiger partial charge is 0.354 e. The van der Waals surface area contributed by atoms with Crippen LogP contribution in [0.15, 0.2) is 65.9 Å². The van der Waals surface area contributed by atoms with E-state index in [1.807, 2.05) is 24.3 Å². The second-order valence-electron chi connectivity index (χ2n) is 8.31. The number of nitrogens with one attached hydrogen (secondary N) is 2. The normalized spacial score (nSPS) is 18.8. The van der Waals surface area contributed by atoms with E-state index in [4.69, 9.17) is 11.6 Å². The van der Waals surface area contributed by atoms with Crippen LogP contribution in [0.4, 0.5) is 4.79 Å². The van der Waals surface area contributed by atoms with Crippen molar-refractivity contribution in [2.45, 2.75) is 31.8 Å². The molecule has 0 spiro atoms. The summed E-state index contributed by atoms with van der Waals surface area (Å²) in [5, 5.41) is 6.27. The van der Waals surface area contributed by atoms with Gasteiger partial charge in [-0.1, -0.05) is 60.1 Å². The summed E-state index contributed by atoms with van der Waals surface area (Å²) in [6, 6.07) is 15.6. The minimum absolute atomic E-state index is 0.192. The third-order valence-electron chi connectivity index (χ3n) is 6.24. The van der Waals surface area contributed by atoms with Crippen LogP contribution in [0, 0.1) is 0 Å². The van der Waals surface area contributed by atoms with E-state index in [9.17, 15) is 14.4 Å². The number of nitrogens with zero attached hydrogens (tertiary/aromatic N) is 2. The standard InChI is InChI=1S/C25H27ClN4O3/c1-16(23(31)27-14-8-11-17-9-4-3-5-10-17)30-15-20-21(24(30)32)22(28-25(33)29(20)2)18-12-6-7-13-19(18)26/h3-7,9-10,12-13,16,22H,8,11,14-15H2,1-2H3,(H,27,31)(H,28,33)/t16-,22+/m0/s1. The molecule has 7 nitrogen and oxygen atoms in total. The molecule has 4 amide bonds. The predicted octanol–water partition coefficient (Wildman–Crippen LogP) is 3.27. The van der Waals surface area contributed by atoms with Crippen molar-refractivity contribution in [2.24, 2.45) is 0 Å². The minimum atomic E-state index is -0.671. The van der Waals surface area contributed by atoms with E-state index >= 15 is 0 Å². The Labute approximate surface area is 198 Å². The molecule has 33 heavy (non-hydrogen) atoms. The van der Waals surface area contributed by atoms with Crippen LogP contribution < -0.4 is 10.6 Å². The van der Waals surface area contributed by atoms with E-state index in [0.717, 1.165) is 12.8 Å². The SMILES string of the molecule is C[C@@H](C(=O)NCCCc1ccccc1)N1CC2=C(C1=O)[C@@H](c1ccccc1Cl)NC(=O)N2C. The fourth-order valence-electron chi connectivity index (χ4n) is 4.28.